The summed E-state index contributed by atoms with van der Waals surface area (Å²) in [5, 5.41) is 21.8. The second-order valence-corrected chi connectivity index (χ2v) is 4.68. The molecule has 3 N–H and O–H groups in total. The van der Waals surface area contributed by atoms with Gasteiger partial charge in [-0.1, -0.05) is 0 Å². The summed E-state index contributed by atoms with van der Waals surface area (Å²) in [7, 11) is 0. The third kappa shape index (κ3) is 3.97. The molecule has 1 saturated heterocycles. The van der Waals surface area contributed by atoms with Crippen LogP contribution in [0.25, 0.3) is 0 Å². The molecule has 120 valence electrons. The Bertz CT molecular complexity index is 550. The molecule has 1 aromatic rings. The lowest BCUT2D eigenvalue weighted by Crippen LogP contribution is -2.52. The summed E-state index contributed by atoms with van der Waals surface area (Å²) in [4.78, 5) is 28.4. The van der Waals surface area contributed by atoms with Gasteiger partial charge in [-0.15, -0.1) is 0 Å². The Hall–Kier alpha value is -2.10. The summed E-state index contributed by atoms with van der Waals surface area (Å²) in [5.41, 5.74) is 0.0579. The van der Waals surface area contributed by atoms with E-state index in [1.807, 2.05) is 0 Å². The molecule has 22 heavy (non-hydrogen) atoms. The van der Waals surface area contributed by atoms with Gasteiger partial charge in [-0.05, 0) is 6.07 Å². The fourth-order valence-corrected chi connectivity index (χ4v) is 1.95. The third-order valence-electron chi connectivity index (χ3n) is 3.14. The van der Waals surface area contributed by atoms with E-state index in [2.05, 4.69) is 10.3 Å². The number of morpholine rings is 1. The first-order valence-corrected chi connectivity index (χ1v) is 6.64. The van der Waals surface area contributed by atoms with Gasteiger partial charge in [0.1, 0.15) is 0 Å². The lowest BCUT2D eigenvalue weighted by atomic mass is 10.1. The summed E-state index contributed by atoms with van der Waals surface area (Å²) in [5.74, 6) is -2.58. The number of aromatic nitrogens is 1. The number of pyridine rings is 1. The highest BCUT2D eigenvalue weighted by Crippen LogP contribution is 2.10. The van der Waals surface area contributed by atoms with Gasteiger partial charge >= 0.3 is 0 Å². The molecular weight excluding hydrogens is 297 g/mol. The topological polar surface area (TPSA) is 112 Å². The van der Waals surface area contributed by atoms with Crippen molar-refractivity contribution in [2.75, 3.05) is 31.6 Å². The average Bonchev–Trinajstić information content (AvgIpc) is 2.53. The smallest absolute Gasteiger partial charge is 0.256 e. The third-order valence-corrected chi connectivity index (χ3v) is 3.14. The Morgan fingerprint density at radius 3 is 2.64 bits per heavy atom. The zero-order valence-corrected chi connectivity index (χ0v) is 11.6. The number of amides is 2. The summed E-state index contributed by atoms with van der Waals surface area (Å²) < 4.78 is 18.0. The van der Waals surface area contributed by atoms with E-state index in [0.29, 0.717) is 13.2 Å². The predicted octanol–water partition coefficient (Wildman–Crippen LogP) is -1.26. The maximum absolute atomic E-state index is 12.9. The highest BCUT2D eigenvalue weighted by Gasteiger charge is 2.34. The van der Waals surface area contributed by atoms with E-state index in [9.17, 15) is 24.2 Å². The molecule has 1 aromatic heterocycles. The fraction of sp³-hybridized carbons (Fsp3) is 0.462. The van der Waals surface area contributed by atoms with Gasteiger partial charge in [0, 0.05) is 31.0 Å². The van der Waals surface area contributed by atoms with E-state index in [1.54, 1.807) is 0 Å². The van der Waals surface area contributed by atoms with Crippen molar-refractivity contribution < 1.29 is 28.9 Å². The van der Waals surface area contributed by atoms with E-state index < -0.39 is 30.0 Å². The van der Waals surface area contributed by atoms with Crippen LogP contribution in [0.4, 0.5) is 10.1 Å². The number of aliphatic hydroxyl groups is 2. The van der Waals surface area contributed by atoms with Crippen LogP contribution in [-0.2, 0) is 14.3 Å². The summed E-state index contributed by atoms with van der Waals surface area (Å²) in [6, 6.07) is 2.25. The van der Waals surface area contributed by atoms with Gasteiger partial charge in [0.2, 0.25) is 5.95 Å². The number of hydrogen-bond acceptors (Lipinski definition) is 6. The van der Waals surface area contributed by atoms with Crippen molar-refractivity contribution >= 4 is 17.5 Å². The quantitative estimate of drug-likeness (QED) is 0.598. The van der Waals surface area contributed by atoms with Crippen LogP contribution in [0.2, 0.25) is 0 Å². The first kappa shape index (κ1) is 16.3. The van der Waals surface area contributed by atoms with E-state index in [0.717, 1.165) is 12.3 Å². The van der Waals surface area contributed by atoms with E-state index in [1.165, 1.54) is 11.0 Å². The second-order valence-electron chi connectivity index (χ2n) is 4.68. The fourth-order valence-electron chi connectivity index (χ4n) is 1.95. The van der Waals surface area contributed by atoms with Crippen LogP contribution < -0.4 is 5.32 Å². The number of carbonyl (C=O) groups is 2. The summed E-state index contributed by atoms with van der Waals surface area (Å²) in [6.45, 7) is 1.22. The molecule has 0 spiro atoms. The number of nitrogens with one attached hydrogen (secondary N) is 1. The molecule has 2 amide bonds. The van der Waals surface area contributed by atoms with Gasteiger partial charge in [0.05, 0.1) is 13.2 Å². The van der Waals surface area contributed by atoms with Gasteiger partial charge in [-0.2, -0.15) is 4.39 Å². The van der Waals surface area contributed by atoms with Crippen molar-refractivity contribution in [3.63, 3.8) is 0 Å². The Kier molecular flexibility index (Phi) is 5.36. The molecule has 2 atom stereocenters. The number of rotatable bonds is 4. The lowest BCUT2D eigenvalue weighted by molar-refractivity contribution is -0.154. The van der Waals surface area contributed by atoms with Gasteiger partial charge < -0.3 is 25.2 Å². The molecule has 0 aliphatic carbocycles. The number of anilines is 1. The molecule has 0 aromatic carbocycles. The SMILES string of the molecule is O=C(Nc1ccnc(F)c1)[C@H](O)[C@@H](O)C(=O)N1CCOCC1. The highest BCUT2D eigenvalue weighted by atomic mass is 19.1. The molecule has 2 rings (SSSR count). The zero-order chi connectivity index (χ0) is 16.1. The molecule has 2 heterocycles. The zero-order valence-electron chi connectivity index (χ0n) is 11.6. The monoisotopic (exact) mass is 313 g/mol. The number of halogens is 1. The Morgan fingerprint density at radius 2 is 2.00 bits per heavy atom. The highest BCUT2D eigenvalue weighted by molar-refractivity contribution is 5.98. The predicted molar refractivity (Wildman–Crippen MR) is 72.2 cm³/mol. The van der Waals surface area contributed by atoms with Crippen LogP contribution >= 0.6 is 0 Å². The summed E-state index contributed by atoms with van der Waals surface area (Å²) >= 11 is 0. The van der Waals surface area contributed by atoms with Crippen LogP contribution in [0.1, 0.15) is 0 Å². The standard InChI is InChI=1S/C13H16FN3O5/c14-9-7-8(1-2-15-9)16-12(20)10(18)11(19)13(21)17-3-5-22-6-4-17/h1-2,7,10-11,18-19H,3-6H2,(H,15,16,20)/t10-,11-/m1/s1. The van der Waals surface area contributed by atoms with Gasteiger partial charge in [0.15, 0.2) is 12.2 Å². The molecule has 1 fully saturated rings. The van der Waals surface area contributed by atoms with Gasteiger partial charge in [-0.25, -0.2) is 4.98 Å². The van der Waals surface area contributed by atoms with Crippen LogP contribution in [0.5, 0.6) is 0 Å². The van der Waals surface area contributed by atoms with Crippen molar-refractivity contribution in [2.24, 2.45) is 0 Å². The lowest BCUT2D eigenvalue weighted by Gasteiger charge is -2.29. The number of nitrogens with zero attached hydrogens (tertiary/aromatic N) is 2. The largest absolute Gasteiger partial charge is 0.380 e. The van der Waals surface area contributed by atoms with Gasteiger partial charge in [-0.3, -0.25) is 9.59 Å². The molecule has 1 aliphatic heterocycles. The molecule has 0 saturated carbocycles. The van der Waals surface area contributed by atoms with Crippen LogP contribution in [0.15, 0.2) is 18.3 Å². The molecule has 0 unspecified atom stereocenters. The number of ether oxygens (including phenoxy) is 1. The van der Waals surface area contributed by atoms with Crippen molar-refractivity contribution in [1.29, 1.82) is 0 Å². The van der Waals surface area contributed by atoms with Crippen LogP contribution in [0.3, 0.4) is 0 Å². The Morgan fingerprint density at radius 1 is 1.32 bits per heavy atom. The molecular formula is C13H16FN3O5. The number of carbonyl (C=O) groups excluding carboxylic acids is 2. The van der Waals surface area contributed by atoms with E-state index >= 15 is 0 Å². The second kappa shape index (κ2) is 7.25. The van der Waals surface area contributed by atoms with E-state index in [-0.39, 0.29) is 18.8 Å². The molecule has 1 aliphatic rings. The number of aliphatic hydroxyl groups excluding tert-OH is 2. The molecule has 0 radical (unpaired) electrons. The van der Waals surface area contributed by atoms with Crippen molar-refractivity contribution in [2.45, 2.75) is 12.2 Å². The minimum absolute atomic E-state index is 0.0579. The maximum Gasteiger partial charge on any atom is 0.256 e. The number of hydrogen-bond donors (Lipinski definition) is 3. The summed E-state index contributed by atoms with van der Waals surface area (Å²) in [6.07, 6.45) is -2.73. The first-order chi connectivity index (χ1) is 10.5. The van der Waals surface area contributed by atoms with Crippen molar-refractivity contribution in [3.8, 4) is 0 Å². The Labute approximate surface area is 125 Å². The van der Waals surface area contributed by atoms with Crippen LogP contribution in [-0.4, -0.2) is 70.4 Å². The Balaban J connectivity index is 1.95. The maximum atomic E-state index is 12.9. The molecule has 0 bridgehead atoms. The van der Waals surface area contributed by atoms with Gasteiger partial charge in [0.25, 0.3) is 11.8 Å². The normalized spacial score (nSPS) is 17.7. The molecule has 8 nitrogen and oxygen atoms in total. The van der Waals surface area contributed by atoms with Crippen molar-refractivity contribution in [3.05, 3.63) is 24.3 Å². The average molecular weight is 313 g/mol. The minimum Gasteiger partial charge on any atom is -0.380 e. The molecule has 9 heteroatoms. The van der Waals surface area contributed by atoms with E-state index in [4.69, 9.17) is 4.74 Å². The first-order valence-electron chi connectivity index (χ1n) is 6.64. The minimum atomic E-state index is -1.97. The van der Waals surface area contributed by atoms with Crippen molar-refractivity contribution in [1.82, 2.24) is 9.88 Å². The van der Waals surface area contributed by atoms with Crippen LogP contribution in [0, 0.1) is 5.95 Å².